The number of nitrogens with one attached hydrogen (secondary N) is 2. The number of anilines is 2. The first kappa shape index (κ1) is 18.7. The minimum atomic E-state index is -0.0897. The molecule has 0 spiro atoms. The van der Waals surface area contributed by atoms with Crippen LogP contribution in [0.5, 0.6) is 0 Å². The van der Waals surface area contributed by atoms with Crippen molar-refractivity contribution in [1.82, 2.24) is 9.80 Å². The van der Waals surface area contributed by atoms with Crippen molar-refractivity contribution in [3.05, 3.63) is 24.3 Å². The molecule has 142 valence electrons. The Labute approximate surface area is 154 Å². The molecule has 1 aromatic carbocycles. The molecule has 2 aliphatic rings. The fourth-order valence-electron chi connectivity index (χ4n) is 3.33. The summed E-state index contributed by atoms with van der Waals surface area (Å²) >= 11 is 0. The predicted octanol–water partition coefficient (Wildman–Crippen LogP) is 2.22. The van der Waals surface area contributed by atoms with E-state index in [0.717, 1.165) is 45.8 Å². The van der Waals surface area contributed by atoms with Crippen LogP contribution in [0.4, 0.5) is 16.2 Å². The number of nitrogens with zero attached hydrogens (tertiary/aromatic N) is 2. The molecule has 0 aliphatic carbocycles. The summed E-state index contributed by atoms with van der Waals surface area (Å²) < 4.78 is 5.40. The molecule has 1 atom stereocenters. The van der Waals surface area contributed by atoms with Crippen molar-refractivity contribution in [3.63, 3.8) is 0 Å². The zero-order valence-electron chi connectivity index (χ0n) is 15.5. The number of carbonyl (C=O) groups is 2. The third-order valence-corrected chi connectivity index (χ3v) is 4.92. The maximum atomic E-state index is 12.6. The van der Waals surface area contributed by atoms with Gasteiger partial charge in [0.05, 0.1) is 13.2 Å². The van der Waals surface area contributed by atoms with Crippen molar-refractivity contribution >= 4 is 23.3 Å². The van der Waals surface area contributed by atoms with Crippen LogP contribution in [-0.2, 0) is 9.53 Å². The number of hydrogen-bond acceptors (Lipinski definition) is 4. The summed E-state index contributed by atoms with van der Waals surface area (Å²) in [5.41, 5.74) is 1.38. The van der Waals surface area contributed by atoms with Gasteiger partial charge in [0.25, 0.3) is 0 Å². The highest BCUT2D eigenvalue weighted by atomic mass is 16.5. The van der Waals surface area contributed by atoms with Gasteiger partial charge in [-0.3, -0.25) is 9.69 Å². The molecule has 1 unspecified atom stereocenters. The van der Waals surface area contributed by atoms with E-state index in [4.69, 9.17) is 4.74 Å². The third-order valence-electron chi connectivity index (χ3n) is 4.92. The third kappa shape index (κ3) is 4.74. The second-order valence-electron chi connectivity index (χ2n) is 7.19. The predicted molar refractivity (Wildman–Crippen MR) is 101 cm³/mol. The lowest BCUT2D eigenvalue weighted by atomic mass is 10.2. The molecule has 0 aromatic heterocycles. The Kier molecular flexibility index (Phi) is 6.11. The monoisotopic (exact) mass is 360 g/mol. The van der Waals surface area contributed by atoms with Crippen LogP contribution in [0.3, 0.4) is 0 Å². The summed E-state index contributed by atoms with van der Waals surface area (Å²) in [6.45, 7) is 8.64. The Morgan fingerprint density at radius 3 is 2.50 bits per heavy atom. The smallest absolute Gasteiger partial charge is 0.321 e. The van der Waals surface area contributed by atoms with Gasteiger partial charge in [-0.2, -0.15) is 0 Å². The van der Waals surface area contributed by atoms with Gasteiger partial charge in [-0.15, -0.1) is 0 Å². The molecule has 26 heavy (non-hydrogen) atoms. The minimum Gasteiger partial charge on any atom is -0.379 e. The van der Waals surface area contributed by atoms with Crippen molar-refractivity contribution in [2.45, 2.75) is 26.3 Å². The molecule has 7 nitrogen and oxygen atoms in total. The van der Waals surface area contributed by atoms with E-state index in [1.165, 1.54) is 0 Å². The second kappa shape index (κ2) is 8.51. The minimum absolute atomic E-state index is 0.0404. The first-order valence-corrected chi connectivity index (χ1v) is 9.31. The number of hydrogen-bond donors (Lipinski definition) is 2. The van der Waals surface area contributed by atoms with Gasteiger partial charge in [0.1, 0.15) is 0 Å². The van der Waals surface area contributed by atoms with Crippen LogP contribution in [0, 0.1) is 5.92 Å². The van der Waals surface area contributed by atoms with Crippen LogP contribution >= 0.6 is 0 Å². The second-order valence-corrected chi connectivity index (χ2v) is 7.19. The van der Waals surface area contributed by atoms with Gasteiger partial charge < -0.3 is 20.3 Å². The zero-order chi connectivity index (χ0) is 18.5. The van der Waals surface area contributed by atoms with Gasteiger partial charge >= 0.3 is 6.03 Å². The standard InChI is InChI=1S/C19H28N4O3/c1-14(2)18(24)20-15-4-3-5-16(12-15)21-19(25)23-7-6-17(13-23)22-8-10-26-11-9-22/h3-5,12,14,17H,6-11,13H2,1-2H3,(H,20,24)(H,21,25). The molecule has 2 N–H and O–H groups in total. The Morgan fingerprint density at radius 1 is 1.12 bits per heavy atom. The lowest BCUT2D eigenvalue weighted by Gasteiger charge is -2.32. The average Bonchev–Trinajstić information content (AvgIpc) is 3.13. The van der Waals surface area contributed by atoms with Gasteiger partial charge in [-0.25, -0.2) is 4.79 Å². The first-order valence-electron chi connectivity index (χ1n) is 9.31. The summed E-state index contributed by atoms with van der Waals surface area (Å²) in [4.78, 5) is 28.7. The topological polar surface area (TPSA) is 73.9 Å². The van der Waals surface area contributed by atoms with Gasteiger partial charge in [0.15, 0.2) is 0 Å². The highest BCUT2D eigenvalue weighted by molar-refractivity contribution is 5.94. The number of likely N-dealkylation sites (tertiary alicyclic amines) is 1. The van der Waals surface area contributed by atoms with Crippen LogP contribution in [0.25, 0.3) is 0 Å². The molecule has 2 aliphatic heterocycles. The van der Waals surface area contributed by atoms with Gasteiger partial charge in [0.2, 0.25) is 5.91 Å². The molecule has 2 heterocycles. The average molecular weight is 360 g/mol. The van der Waals surface area contributed by atoms with Gasteiger partial charge in [-0.1, -0.05) is 19.9 Å². The van der Waals surface area contributed by atoms with Crippen molar-refractivity contribution in [3.8, 4) is 0 Å². The molecule has 3 amide bonds. The quantitative estimate of drug-likeness (QED) is 0.863. The molecule has 0 bridgehead atoms. The molecule has 2 saturated heterocycles. The number of ether oxygens (including phenoxy) is 1. The summed E-state index contributed by atoms with van der Waals surface area (Å²) in [5.74, 6) is -0.128. The SMILES string of the molecule is CC(C)C(=O)Nc1cccc(NC(=O)N2CCC(N3CCOCC3)C2)c1. The Hall–Kier alpha value is -2.12. The molecular formula is C19H28N4O3. The van der Waals surface area contributed by atoms with E-state index < -0.39 is 0 Å². The molecule has 0 radical (unpaired) electrons. The number of morpholine rings is 1. The largest absolute Gasteiger partial charge is 0.379 e. The fraction of sp³-hybridized carbons (Fsp3) is 0.579. The van der Waals surface area contributed by atoms with Crippen LogP contribution in [-0.4, -0.2) is 67.2 Å². The normalized spacial score (nSPS) is 21.0. The van der Waals surface area contributed by atoms with Crippen molar-refractivity contribution < 1.29 is 14.3 Å². The summed E-state index contributed by atoms with van der Waals surface area (Å²) in [5, 5.41) is 5.79. The molecule has 0 saturated carbocycles. The summed E-state index contributed by atoms with van der Waals surface area (Å²) in [6.07, 6.45) is 0.998. The molecule has 2 fully saturated rings. The van der Waals surface area contributed by atoms with Gasteiger partial charge in [-0.05, 0) is 24.6 Å². The van der Waals surface area contributed by atoms with Crippen LogP contribution in [0.2, 0.25) is 0 Å². The van der Waals surface area contributed by atoms with Crippen LogP contribution in [0.15, 0.2) is 24.3 Å². The van der Waals surface area contributed by atoms with Crippen LogP contribution in [0.1, 0.15) is 20.3 Å². The maximum Gasteiger partial charge on any atom is 0.321 e. The van der Waals surface area contributed by atoms with Crippen molar-refractivity contribution in [2.75, 3.05) is 50.0 Å². The summed E-state index contributed by atoms with van der Waals surface area (Å²) in [7, 11) is 0. The van der Waals surface area contributed by atoms with Gasteiger partial charge in [0, 0.05) is 49.5 Å². The lowest BCUT2D eigenvalue weighted by molar-refractivity contribution is -0.118. The Morgan fingerprint density at radius 2 is 1.81 bits per heavy atom. The number of carbonyl (C=O) groups excluding carboxylic acids is 2. The van der Waals surface area contributed by atoms with E-state index in [1.807, 2.05) is 36.9 Å². The molecule has 7 heteroatoms. The number of amides is 3. The van der Waals surface area contributed by atoms with E-state index >= 15 is 0 Å². The van der Waals surface area contributed by atoms with Crippen LogP contribution < -0.4 is 10.6 Å². The lowest BCUT2D eigenvalue weighted by Crippen LogP contribution is -2.45. The highest BCUT2D eigenvalue weighted by Gasteiger charge is 2.31. The van der Waals surface area contributed by atoms with E-state index in [-0.39, 0.29) is 17.9 Å². The molecule has 3 rings (SSSR count). The van der Waals surface area contributed by atoms with Crippen molar-refractivity contribution in [2.24, 2.45) is 5.92 Å². The fourth-order valence-corrected chi connectivity index (χ4v) is 3.33. The van der Waals surface area contributed by atoms with Crippen molar-refractivity contribution in [1.29, 1.82) is 0 Å². The van der Waals surface area contributed by atoms with E-state index in [9.17, 15) is 9.59 Å². The van der Waals surface area contributed by atoms with E-state index in [2.05, 4.69) is 15.5 Å². The van der Waals surface area contributed by atoms with E-state index in [0.29, 0.717) is 17.4 Å². The Balaban J connectivity index is 1.54. The number of urea groups is 1. The number of rotatable bonds is 4. The highest BCUT2D eigenvalue weighted by Crippen LogP contribution is 2.20. The van der Waals surface area contributed by atoms with E-state index in [1.54, 1.807) is 6.07 Å². The first-order chi connectivity index (χ1) is 12.5. The maximum absolute atomic E-state index is 12.6. The number of benzene rings is 1. The Bertz CT molecular complexity index is 643. The summed E-state index contributed by atoms with van der Waals surface area (Å²) in [6, 6.07) is 7.59. The molecular weight excluding hydrogens is 332 g/mol. The zero-order valence-corrected chi connectivity index (χ0v) is 15.5. The molecule has 1 aromatic rings.